The number of nitrogens with zero attached hydrogens (tertiary/aromatic N) is 2. The van der Waals surface area contributed by atoms with Crippen LogP contribution in [0.2, 0.25) is 0 Å². The normalized spacial score (nSPS) is 23.1. The third-order valence-corrected chi connectivity index (χ3v) is 3.32. The van der Waals surface area contributed by atoms with Crippen molar-refractivity contribution in [1.82, 2.24) is 4.90 Å². The van der Waals surface area contributed by atoms with Crippen molar-refractivity contribution >= 4 is 11.9 Å². The van der Waals surface area contributed by atoms with Gasteiger partial charge in [0.05, 0.1) is 18.4 Å². The van der Waals surface area contributed by atoms with Crippen molar-refractivity contribution in [2.75, 3.05) is 13.1 Å². The van der Waals surface area contributed by atoms with E-state index in [0.717, 1.165) is 0 Å². The van der Waals surface area contributed by atoms with Crippen LogP contribution in [0.15, 0.2) is 0 Å². The van der Waals surface area contributed by atoms with Crippen molar-refractivity contribution < 1.29 is 14.7 Å². The largest absolute Gasteiger partial charge is 0.481 e. The Kier molecular flexibility index (Phi) is 4.95. The van der Waals surface area contributed by atoms with Gasteiger partial charge >= 0.3 is 5.97 Å². The standard InChI is InChI=1S/C12H18N2O3/c1-2-14(7-3-6-13)11(15)9-4-5-10(8-9)12(16)17/h9-10H,2-5,7-8H2,1H3,(H,16,17)/t9-,10+/m1/s1. The summed E-state index contributed by atoms with van der Waals surface area (Å²) in [6, 6.07) is 2.02. The minimum atomic E-state index is -0.805. The zero-order chi connectivity index (χ0) is 12.8. The summed E-state index contributed by atoms with van der Waals surface area (Å²) < 4.78 is 0. The summed E-state index contributed by atoms with van der Waals surface area (Å²) in [5, 5.41) is 17.4. The fraction of sp³-hybridized carbons (Fsp3) is 0.750. The van der Waals surface area contributed by atoms with E-state index < -0.39 is 5.97 Å². The van der Waals surface area contributed by atoms with E-state index in [4.69, 9.17) is 10.4 Å². The molecule has 1 N–H and O–H groups in total. The van der Waals surface area contributed by atoms with Crippen molar-refractivity contribution in [1.29, 1.82) is 5.26 Å². The molecule has 0 unspecified atom stereocenters. The van der Waals surface area contributed by atoms with Gasteiger partial charge in [-0.2, -0.15) is 5.26 Å². The summed E-state index contributed by atoms with van der Waals surface area (Å²) in [5.41, 5.74) is 0. The zero-order valence-corrected chi connectivity index (χ0v) is 10.1. The molecule has 0 aromatic carbocycles. The van der Waals surface area contributed by atoms with Gasteiger partial charge in [0.25, 0.3) is 0 Å². The predicted octanol–water partition coefficient (Wildman–Crippen LogP) is 1.25. The molecule has 0 aromatic rings. The SMILES string of the molecule is CCN(CCC#N)C(=O)[C@@H]1CC[C@H](C(=O)O)C1. The van der Waals surface area contributed by atoms with Crippen LogP contribution in [-0.4, -0.2) is 35.0 Å². The average molecular weight is 238 g/mol. The van der Waals surface area contributed by atoms with Crippen LogP contribution >= 0.6 is 0 Å². The lowest BCUT2D eigenvalue weighted by Gasteiger charge is -2.23. The van der Waals surface area contributed by atoms with Gasteiger partial charge in [0, 0.05) is 19.0 Å². The molecule has 1 rings (SSSR count). The smallest absolute Gasteiger partial charge is 0.306 e. The maximum absolute atomic E-state index is 12.1. The third kappa shape index (κ3) is 3.45. The number of carbonyl (C=O) groups excluding carboxylic acids is 1. The lowest BCUT2D eigenvalue weighted by molar-refractivity contribution is -0.141. The van der Waals surface area contributed by atoms with E-state index in [1.54, 1.807) is 4.90 Å². The van der Waals surface area contributed by atoms with Gasteiger partial charge in [-0.15, -0.1) is 0 Å². The lowest BCUT2D eigenvalue weighted by Crippen LogP contribution is -2.36. The summed E-state index contributed by atoms with van der Waals surface area (Å²) in [5.74, 6) is -1.35. The maximum Gasteiger partial charge on any atom is 0.306 e. The Bertz CT molecular complexity index is 335. The van der Waals surface area contributed by atoms with Gasteiger partial charge < -0.3 is 10.0 Å². The number of rotatable bonds is 5. The summed E-state index contributed by atoms with van der Waals surface area (Å²) in [6.07, 6.45) is 2.01. The highest BCUT2D eigenvalue weighted by Gasteiger charge is 2.35. The van der Waals surface area contributed by atoms with Gasteiger partial charge in [-0.25, -0.2) is 0 Å². The molecular weight excluding hydrogens is 220 g/mol. The molecule has 0 aromatic heterocycles. The van der Waals surface area contributed by atoms with Crippen molar-refractivity contribution in [3.8, 4) is 6.07 Å². The zero-order valence-electron chi connectivity index (χ0n) is 10.1. The van der Waals surface area contributed by atoms with Crippen molar-refractivity contribution in [2.45, 2.75) is 32.6 Å². The van der Waals surface area contributed by atoms with E-state index >= 15 is 0 Å². The van der Waals surface area contributed by atoms with Crippen LogP contribution in [0.4, 0.5) is 0 Å². The molecule has 1 aliphatic rings. The van der Waals surface area contributed by atoms with E-state index in [1.165, 1.54) is 0 Å². The molecule has 0 radical (unpaired) electrons. The highest BCUT2D eigenvalue weighted by Crippen LogP contribution is 2.32. The fourth-order valence-corrected chi connectivity index (χ4v) is 2.30. The van der Waals surface area contributed by atoms with Crippen molar-refractivity contribution in [2.24, 2.45) is 11.8 Å². The van der Waals surface area contributed by atoms with Crippen LogP contribution < -0.4 is 0 Å². The number of hydrogen-bond donors (Lipinski definition) is 1. The number of nitriles is 1. The van der Waals surface area contributed by atoms with E-state index in [9.17, 15) is 9.59 Å². The average Bonchev–Trinajstić information content (AvgIpc) is 2.79. The van der Waals surface area contributed by atoms with E-state index in [0.29, 0.717) is 38.8 Å². The molecular formula is C12H18N2O3. The second-order valence-electron chi connectivity index (χ2n) is 4.37. The molecule has 1 amide bonds. The van der Waals surface area contributed by atoms with Crippen LogP contribution in [0, 0.1) is 23.2 Å². The number of amides is 1. The number of hydrogen-bond acceptors (Lipinski definition) is 3. The fourth-order valence-electron chi connectivity index (χ4n) is 2.30. The number of carboxylic acids is 1. The van der Waals surface area contributed by atoms with Crippen LogP contribution in [0.3, 0.4) is 0 Å². The third-order valence-electron chi connectivity index (χ3n) is 3.32. The van der Waals surface area contributed by atoms with E-state index in [1.807, 2.05) is 13.0 Å². The van der Waals surface area contributed by atoms with Crippen LogP contribution in [0.25, 0.3) is 0 Å². The summed E-state index contributed by atoms with van der Waals surface area (Å²) >= 11 is 0. The van der Waals surface area contributed by atoms with Gasteiger partial charge in [0.15, 0.2) is 0 Å². The Morgan fingerprint density at radius 2 is 2.06 bits per heavy atom. The van der Waals surface area contributed by atoms with Gasteiger partial charge in [0.2, 0.25) is 5.91 Å². The number of carboxylic acid groups (broad SMARTS) is 1. The summed E-state index contributed by atoms with van der Waals surface area (Å²) in [6.45, 7) is 2.90. The van der Waals surface area contributed by atoms with Crippen LogP contribution in [0.5, 0.6) is 0 Å². The predicted molar refractivity (Wildman–Crippen MR) is 61.0 cm³/mol. The van der Waals surface area contributed by atoms with Crippen LogP contribution in [0.1, 0.15) is 32.6 Å². The Morgan fingerprint density at radius 1 is 1.41 bits per heavy atom. The molecule has 0 spiro atoms. The minimum absolute atomic E-state index is 0.00602. The first-order valence-electron chi connectivity index (χ1n) is 5.98. The molecule has 0 saturated heterocycles. The summed E-state index contributed by atoms with van der Waals surface area (Å²) in [7, 11) is 0. The van der Waals surface area contributed by atoms with Gasteiger partial charge in [-0.1, -0.05) is 0 Å². The first kappa shape index (κ1) is 13.5. The van der Waals surface area contributed by atoms with Gasteiger partial charge in [0.1, 0.15) is 0 Å². The Labute approximate surface area is 101 Å². The second-order valence-corrected chi connectivity index (χ2v) is 4.37. The molecule has 5 heteroatoms. The van der Waals surface area contributed by atoms with Crippen molar-refractivity contribution in [3.05, 3.63) is 0 Å². The first-order valence-corrected chi connectivity index (χ1v) is 5.98. The second kappa shape index (κ2) is 6.24. The van der Waals surface area contributed by atoms with E-state index in [2.05, 4.69) is 0 Å². The molecule has 1 saturated carbocycles. The number of aliphatic carboxylic acids is 1. The molecule has 0 heterocycles. The molecule has 2 atom stereocenters. The monoisotopic (exact) mass is 238 g/mol. The van der Waals surface area contributed by atoms with Gasteiger partial charge in [-0.3, -0.25) is 9.59 Å². The quantitative estimate of drug-likeness (QED) is 0.781. The topological polar surface area (TPSA) is 81.4 Å². The number of carbonyl (C=O) groups is 2. The Morgan fingerprint density at radius 3 is 2.53 bits per heavy atom. The molecule has 0 aliphatic heterocycles. The van der Waals surface area contributed by atoms with Gasteiger partial charge in [-0.05, 0) is 26.2 Å². The van der Waals surface area contributed by atoms with Crippen LogP contribution in [-0.2, 0) is 9.59 Å². The molecule has 94 valence electrons. The molecule has 5 nitrogen and oxygen atoms in total. The van der Waals surface area contributed by atoms with Crippen molar-refractivity contribution in [3.63, 3.8) is 0 Å². The highest BCUT2D eigenvalue weighted by molar-refractivity contribution is 5.81. The van der Waals surface area contributed by atoms with E-state index in [-0.39, 0.29) is 17.7 Å². The Balaban J connectivity index is 2.52. The first-order chi connectivity index (χ1) is 8.10. The molecule has 1 aliphatic carbocycles. The summed E-state index contributed by atoms with van der Waals surface area (Å²) in [4.78, 5) is 24.5. The Hall–Kier alpha value is -1.57. The molecule has 0 bridgehead atoms. The molecule has 1 fully saturated rings. The molecule has 17 heavy (non-hydrogen) atoms. The minimum Gasteiger partial charge on any atom is -0.481 e. The highest BCUT2D eigenvalue weighted by atomic mass is 16.4. The lowest BCUT2D eigenvalue weighted by atomic mass is 10.0. The maximum atomic E-state index is 12.1.